The second-order valence-corrected chi connectivity index (χ2v) is 9.00. The van der Waals surface area contributed by atoms with Gasteiger partial charge in [-0.25, -0.2) is 0 Å². The van der Waals surface area contributed by atoms with Gasteiger partial charge in [0.15, 0.2) is 0 Å². The van der Waals surface area contributed by atoms with E-state index in [4.69, 9.17) is 5.73 Å². The fourth-order valence-corrected chi connectivity index (χ4v) is 4.53. The second kappa shape index (κ2) is 12.2. The highest BCUT2D eigenvalue weighted by Crippen LogP contribution is 2.32. The van der Waals surface area contributed by atoms with Crippen molar-refractivity contribution < 1.29 is 0 Å². The molecule has 0 aliphatic carbocycles. The number of nitrogens with zero attached hydrogens (tertiary/aromatic N) is 2. The monoisotopic (exact) mass is 463 g/mol. The fourth-order valence-electron chi connectivity index (χ4n) is 4.53. The molecule has 0 radical (unpaired) electrons. The number of hydrogen-bond acceptors (Lipinski definition) is 3. The van der Waals surface area contributed by atoms with E-state index in [2.05, 4.69) is 127 Å². The molecule has 0 aromatic heterocycles. The highest BCUT2D eigenvalue weighted by Gasteiger charge is 2.16. The Morgan fingerprint density at radius 1 is 0.571 bits per heavy atom. The summed E-state index contributed by atoms with van der Waals surface area (Å²) in [6.07, 6.45) is 4.27. The summed E-state index contributed by atoms with van der Waals surface area (Å²) >= 11 is 0. The lowest BCUT2D eigenvalue weighted by atomic mass is 10.0. The highest BCUT2D eigenvalue weighted by molar-refractivity contribution is 5.73. The largest absolute Gasteiger partial charge is 0.341 e. The van der Waals surface area contributed by atoms with Crippen molar-refractivity contribution in [3.8, 4) is 11.1 Å². The van der Waals surface area contributed by atoms with Gasteiger partial charge in [-0.2, -0.15) is 0 Å². The van der Waals surface area contributed by atoms with Crippen LogP contribution in [0.15, 0.2) is 109 Å². The summed E-state index contributed by atoms with van der Waals surface area (Å²) in [6.45, 7) is 5.43. The van der Waals surface area contributed by atoms with Crippen LogP contribution in [0.3, 0.4) is 0 Å². The maximum Gasteiger partial charge on any atom is 0.0820 e. The van der Waals surface area contributed by atoms with Gasteiger partial charge < -0.3 is 15.5 Å². The van der Waals surface area contributed by atoms with Crippen LogP contribution in [-0.4, -0.2) is 12.7 Å². The molecular formula is C32H37N3. The summed E-state index contributed by atoms with van der Waals surface area (Å²) in [4.78, 5) is 4.64. The number of unbranched alkanes of at least 4 members (excludes halogenated alkanes) is 1. The van der Waals surface area contributed by atoms with Crippen LogP contribution in [0.5, 0.6) is 0 Å². The molecule has 0 amide bonds. The zero-order valence-corrected chi connectivity index (χ0v) is 21.0. The van der Waals surface area contributed by atoms with Crippen LogP contribution >= 0.6 is 0 Å². The van der Waals surface area contributed by atoms with Gasteiger partial charge in [0.05, 0.1) is 6.17 Å². The summed E-state index contributed by atoms with van der Waals surface area (Å²) in [5.74, 6) is 0. The van der Waals surface area contributed by atoms with Crippen LogP contribution in [0.1, 0.15) is 39.5 Å². The molecular weight excluding hydrogens is 426 g/mol. The van der Waals surface area contributed by atoms with Gasteiger partial charge in [-0.15, -0.1) is 0 Å². The van der Waals surface area contributed by atoms with Gasteiger partial charge in [0.1, 0.15) is 0 Å². The van der Waals surface area contributed by atoms with Crippen molar-refractivity contribution in [2.45, 2.75) is 45.7 Å². The van der Waals surface area contributed by atoms with E-state index in [0.29, 0.717) is 0 Å². The maximum absolute atomic E-state index is 6.59. The molecule has 0 spiro atoms. The molecule has 0 aliphatic rings. The summed E-state index contributed by atoms with van der Waals surface area (Å²) < 4.78 is 0. The van der Waals surface area contributed by atoms with E-state index in [1.54, 1.807) is 0 Å². The molecule has 4 rings (SSSR count). The normalized spacial score (nSPS) is 11.7. The predicted octanol–water partition coefficient (Wildman–Crippen LogP) is 8.51. The Balaban J connectivity index is 1.57. The smallest absolute Gasteiger partial charge is 0.0820 e. The maximum atomic E-state index is 6.59. The van der Waals surface area contributed by atoms with E-state index < -0.39 is 0 Å². The van der Waals surface area contributed by atoms with Crippen molar-refractivity contribution in [1.82, 2.24) is 0 Å². The lowest BCUT2D eigenvalue weighted by Gasteiger charge is -2.31. The first kappa shape index (κ1) is 24.6. The Bertz CT molecular complexity index is 1140. The first-order valence-corrected chi connectivity index (χ1v) is 12.8. The molecule has 0 bridgehead atoms. The Morgan fingerprint density at radius 2 is 1.03 bits per heavy atom. The quantitative estimate of drug-likeness (QED) is 0.226. The molecule has 3 heteroatoms. The Labute approximate surface area is 210 Å². The van der Waals surface area contributed by atoms with Gasteiger partial charge in [-0.1, -0.05) is 87.4 Å². The third kappa shape index (κ3) is 6.12. The molecule has 0 saturated carbocycles. The van der Waals surface area contributed by atoms with Crippen LogP contribution in [0, 0.1) is 0 Å². The van der Waals surface area contributed by atoms with E-state index >= 15 is 0 Å². The number of nitrogens with two attached hydrogens (primary N) is 1. The zero-order valence-electron chi connectivity index (χ0n) is 21.0. The number of para-hydroxylation sites is 2. The molecule has 180 valence electrons. The van der Waals surface area contributed by atoms with E-state index in [1.807, 2.05) is 6.07 Å². The molecule has 2 N–H and O–H groups in total. The van der Waals surface area contributed by atoms with Crippen molar-refractivity contribution in [1.29, 1.82) is 0 Å². The van der Waals surface area contributed by atoms with Crippen LogP contribution < -0.4 is 15.5 Å². The molecule has 0 aliphatic heterocycles. The van der Waals surface area contributed by atoms with Crippen LogP contribution in [0.4, 0.5) is 22.7 Å². The first-order chi connectivity index (χ1) is 17.2. The fraction of sp³-hybridized carbons (Fsp3) is 0.250. The van der Waals surface area contributed by atoms with Gasteiger partial charge >= 0.3 is 0 Å². The average Bonchev–Trinajstić information content (AvgIpc) is 2.91. The van der Waals surface area contributed by atoms with Crippen LogP contribution in [-0.2, 0) is 0 Å². The molecule has 0 saturated heterocycles. The van der Waals surface area contributed by atoms with Crippen LogP contribution in [0.2, 0.25) is 0 Å². The lowest BCUT2D eigenvalue weighted by Crippen LogP contribution is -2.38. The van der Waals surface area contributed by atoms with Crippen molar-refractivity contribution in [3.05, 3.63) is 109 Å². The topological polar surface area (TPSA) is 32.5 Å². The summed E-state index contributed by atoms with van der Waals surface area (Å²) in [7, 11) is 0. The summed E-state index contributed by atoms with van der Waals surface area (Å²) in [5, 5.41) is 0. The van der Waals surface area contributed by atoms with Crippen molar-refractivity contribution in [3.63, 3.8) is 0 Å². The van der Waals surface area contributed by atoms with Crippen LogP contribution in [0.25, 0.3) is 11.1 Å². The molecule has 4 aromatic carbocycles. The lowest BCUT2D eigenvalue weighted by molar-refractivity contribution is 0.610. The molecule has 0 fully saturated rings. The number of benzene rings is 4. The standard InChI is InChI=1S/C32H37N3/c1-3-5-25-34(28-13-8-6-9-14-28)29-21-17-26(18-22-29)27-19-23-31(24-20-27)35(32(33)12-4-2)30-15-10-7-11-16-30/h6-11,13-24,32H,3-5,12,25,33H2,1-2H3. The van der Waals surface area contributed by atoms with Crippen molar-refractivity contribution in [2.75, 3.05) is 16.3 Å². The Kier molecular flexibility index (Phi) is 8.58. The third-order valence-corrected chi connectivity index (χ3v) is 6.41. The van der Waals surface area contributed by atoms with Crippen molar-refractivity contribution in [2.24, 2.45) is 5.73 Å². The first-order valence-electron chi connectivity index (χ1n) is 12.8. The Morgan fingerprint density at radius 3 is 1.54 bits per heavy atom. The van der Waals surface area contributed by atoms with Crippen molar-refractivity contribution >= 4 is 22.7 Å². The second-order valence-electron chi connectivity index (χ2n) is 9.00. The number of hydrogen-bond donors (Lipinski definition) is 1. The number of rotatable bonds is 11. The minimum Gasteiger partial charge on any atom is -0.341 e. The SMILES string of the molecule is CCCCN(c1ccccc1)c1ccc(-c2ccc(N(c3ccccc3)C(N)CCC)cc2)cc1. The van der Waals surface area contributed by atoms with E-state index in [1.165, 1.54) is 28.9 Å². The molecule has 4 aromatic rings. The van der Waals surface area contributed by atoms with Gasteiger partial charge in [0, 0.05) is 29.3 Å². The molecule has 3 nitrogen and oxygen atoms in total. The predicted molar refractivity (Wildman–Crippen MR) is 152 cm³/mol. The minimum atomic E-state index is -0.0559. The molecule has 1 unspecified atom stereocenters. The van der Waals surface area contributed by atoms with E-state index in [9.17, 15) is 0 Å². The van der Waals surface area contributed by atoms with E-state index in [-0.39, 0.29) is 6.17 Å². The zero-order chi connectivity index (χ0) is 24.5. The molecule has 1 atom stereocenters. The molecule has 0 heterocycles. The number of anilines is 4. The van der Waals surface area contributed by atoms with E-state index in [0.717, 1.165) is 37.2 Å². The summed E-state index contributed by atoms with van der Waals surface area (Å²) in [6, 6.07) is 38.8. The van der Waals surface area contributed by atoms with Gasteiger partial charge in [-0.3, -0.25) is 0 Å². The molecule has 35 heavy (non-hydrogen) atoms. The minimum absolute atomic E-state index is 0.0559. The average molecular weight is 464 g/mol. The van der Waals surface area contributed by atoms with Gasteiger partial charge in [-0.05, 0) is 72.5 Å². The third-order valence-electron chi connectivity index (χ3n) is 6.41. The van der Waals surface area contributed by atoms with Gasteiger partial charge in [0.25, 0.3) is 0 Å². The summed E-state index contributed by atoms with van der Waals surface area (Å²) in [5.41, 5.74) is 13.7. The highest BCUT2D eigenvalue weighted by atomic mass is 15.2. The van der Waals surface area contributed by atoms with Gasteiger partial charge in [0.2, 0.25) is 0 Å². The Hall–Kier alpha value is -3.56.